The third-order valence-electron chi connectivity index (χ3n) is 2.83. The predicted molar refractivity (Wildman–Crippen MR) is 68.3 cm³/mol. The Balaban J connectivity index is 3.80. The Kier molecular flexibility index (Phi) is 8.97. The predicted octanol–water partition coefficient (Wildman–Crippen LogP) is 4.10. The van der Waals surface area contributed by atoms with Gasteiger partial charge in [-0.25, -0.2) is 4.79 Å². The van der Waals surface area contributed by atoms with E-state index in [2.05, 4.69) is 20.8 Å². The Hall–Kier alpha value is -0.790. The molecule has 0 aliphatic heterocycles. The van der Waals surface area contributed by atoms with Crippen LogP contribution in [0.2, 0.25) is 0 Å². The maximum atomic E-state index is 11.5. The van der Waals surface area contributed by atoms with E-state index in [1.165, 1.54) is 0 Å². The normalized spacial score (nSPS) is 13.6. The van der Waals surface area contributed by atoms with Crippen LogP contribution in [0.4, 0.5) is 0 Å². The number of hydrogen-bond acceptors (Lipinski definition) is 2. The first-order chi connectivity index (χ1) is 7.61. The smallest absolute Gasteiger partial charge is 0.333 e. The molecule has 0 radical (unpaired) electrons. The Bertz CT molecular complexity index is 219. The van der Waals surface area contributed by atoms with E-state index in [0.29, 0.717) is 12.5 Å². The summed E-state index contributed by atoms with van der Waals surface area (Å²) < 4.78 is 5.16. The number of carbonyl (C=O) groups excluding carboxylic acids is 1. The van der Waals surface area contributed by atoms with Gasteiger partial charge in [-0.1, -0.05) is 46.1 Å². The summed E-state index contributed by atoms with van der Waals surface area (Å²) in [5.41, 5.74) is 0.747. The van der Waals surface area contributed by atoms with Gasteiger partial charge in [-0.2, -0.15) is 0 Å². The first-order valence-corrected chi connectivity index (χ1v) is 6.45. The maximum Gasteiger partial charge on any atom is 0.333 e. The number of carbonyl (C=O) groups is 1. The van der Waals surface area contributed by atoms with Crippen molar-refractivity contribution in [2.24, 2.45) is 5.92 Å². The van der Waals surface area contributed by atoms with Crippen LogP contribution in [0.3, 0.4) is 0 Å². The van der Waals surface area contributed by atoms with Crippen LogP contribution in [-0.2, 0) is 9.53 Å². The minimum Gasteiger partial charge on any atom is -0.462 e. The summed E-state index contributed by atoms with van der Waals surface area (Å²) in [6, 6.07) is 0. The van der Waals surface area contributed by atoms with Gasteiger partial charge in [0.1, 0.15) is 0 Å². The molecule has 0 spiro atoms. The lowest BCUT2D eigenvalue weighted by molar-refractivity contribution is -0.139. The molecule has 0 N–H and O–H groups in total. The molecule has 2 nitrogen and oxygen atoms in total. The molecule has 2 heteroatoms. The summed E-state index contributed by atoms with van der Waals surface area (Å²) >= 11 is 0. The summed E-state index contributed by atoms with van der Waals surface area (Å²) in [4.78, 5) is 11.5. The molecule has 0 rings (SSSR count). The second-order valence-corrected chi connectivity index (χ2v) is 4.48. The zero-order valence-electron chi connectivity index (χ0n) is 11.2. The molecule has 0 aliphatic rings. The summed E-state index contributed by atoms with van der Waals surface area (Å²) in [6.07, 6.45) is 7.36. The SMILES string of the molecule is CCCCCOC(=O)C(C)=CCC(C)CC. The number of allylic oxidation sites excluding steroid dienone is 1. The van der Waals surface area contributed by atoms with E-state index in [9.17, 15) is 4.79 Å². The van der Waals surface area contributed by atoms with Crippen molar-refractivity contribution in [3.63, 3.8) is 0 Å². The number of ether oxygens (including phenoxy) is 1. The molecule has 0 heterocycles. The van der Waals surface area contributed by atoms with Gasteiger partial charge in [0.2, 0.25) is 0 Å². The fraction of sp³-hybridized carbons (Fsp3) is 0.786. The molecule has 0 fully saturated rings. The van der Waals surface area contributed by atoms with E-state index >= 15 is 0 Å². The largest absolute Gasteiger partial charge is 0.462 e. The highest BCUT2D eigenvalue weighted by Crippen LogP contribution is 2.10. The molecule has 0 aromatic carbocycles. The third kappa shape index (κ3) is 7.49. The van der Waals surface area contributed by atoms with Crippen molar-refractivity contribution >= 4 is 5.97 Å². The van der Waals surface area contributed by atoms with E-state index in [-0.39, 0.29) is 5.97 Å². The number of hydrogen-bond donors (Lipinski definition) is 0. The summed E-state index contributed by atoms with van der Waals surface area (Å²) in [7, 11) is 0. The zero-order valence-corrected chi connectivity index (χ0v) is 11.2. The minimum absolute atomic E-state index is 0.153. The Morgan fingerprint density at radius 2 is 2.00 bits per heavy atom. The van der Waals surface area contributed by atoms with Crippen LogP contribution in [0.1, 0.15) is 59.8 Å². The summed E-state index contributed by atoms with van der Waals surface area (Å²) in [6.45, 7) is 8.89. The quantitative estimate of drug-likeness (QED) is 0.354. The molecular formula is C14H26O2. The molecule has 94 valence electrons. The maximum absolute atomic E-state index is 11.5. The highest BCUT2D eigenvalue weighted by Gasteiger charge is 2.05. The summed E-state index contributed by atoms with van der Waals surface area (Å²) in [5.74, 6) is 0.488. The molecule has 0 aliphatic carbocycles. The molecule has 0 aromatic rings. The lowest BCUT2D eigenvalue weighted by atomic mass is 10.0. The van der Waals surface area contributed by atoms with E-state index in [4.69, 9.17) is 4.74 Å². The van der Waals surface area contributed by atoms with Crippen LogP contribution in [0.25, 0.3) is 0 Å². The number of rotatable bonds is 8. The van der Waals surface area contributed by atoms with Gasteiger partial charge < -0.3 is 4.74 Å². The third-order valence-corrected chi connectivity index (χ3v) is 2.83. The Morgan fingerprint density at radius 3 is 2.56 bits per heavy atom. The van der Waals surface area contributed by atoms with Gasteiger partial charge in [-0.05, 0) is 25.7 Å². The molecule has 0 saturated heterocycles. The van der Waals surface area contributed by atoms with Gasteiger partial charge in [0.05, 0.1) is 6.61 Å². The van der Waals surface area contributed by atoms with E-state index in [0.717, 1.165) is 37.7 Å². The molecule has 1 atom stereocenters. The van der Waals surface area contributed by atoms with Gasteiger partial charge in [0.25, 0.3) is 0 Å². The van der Waals surface area contributed by atoms with Gasteiger partial charge >= 0.3 is 5.97 Å². The fourth-order valence-electron chi connectivity index (χ4n) is 1.26. The van der Waals surface area contributed by atoms with Crippen LogP contribution in [0.5, 0.6) is 0 Å². The highest BCUT2D eigenvalue weighted by atomic mass is 16.5. The number of unbranched alkanes of at least 4 members (excludes halogenated alkanes) is 2. The first-order valence-electron chi connectivity index (χ1n) is 6.45. The van der Waals surface area contributed by atoms with Crippen molar-refractivity contribution in [2.75, 3.05) is 6.61 Å². The van der Waals surface area contributed by atoms with Crippen LogP contribution >= 0.6 is 0 Å². The molecule has 0 amide bonds. The van der Waals surface area contributed by atoms with Crippen molar-refractivity contribution in [1.29, 1.82) is 0 Å². The molecule has 0 aromatic heterocycles. The van der Waals surface area contributed by atoms with Crippen LogP contribution in [0, 0.1) is 5.92 Å². The second kappa shape index (κ2) is 9.44. The van der Waals surface area contributed by atoms with E-state index < -0.39 is 0 Å². The topological polar surface area (TPSA) is 26.3 Å². The monoisotopic (exact) mass is 226 g/mol. The average molecular weight is 226 g/mol. The van der Waals surface area contributed by atoms with E-state index in [1.807, 2.05) is 13.0 Å². The Morgan fingerprint density at radius 1 is 1.31 bits per heavy atom. The zero-order chi connectivity index (χ0) is 12.4. The molecular weight excluding hydrogens is 200 g/mol. The van der Waals surface area contributed by atoms with Crippen molar-refractivity contribution < 1.29 is 9.53 Å². The average Bonchev–Trinajstić information content (AvgIpc) is 2.30. The molecule has 0 bridgehead atoms. The second-order valence-electron chi connectivity index (χ2n) is 4.48. The van der Waals surface area contributed by atoms with Crippen LogP contribution in [-0.4, -0.2) is 12.6 Å². The standard InChI is InChI=1S/C14H26O2/c1-5-7-8-11-16-14(15)13(4)10-9-12(3)6-2/h10,12H,5-9,11H2,1-4H3. The lowest BCUT2D eigenvalue weighted by Crippen LogP contribution is -2.07. The van der Waals surface area contributed by atoms with Gasteiger partial charge in [-0.3, -0.25) is 0 Å². The van der Waals surface area contributed by atoms with Crippen molar-refractivity contribution in [3.05, 3.63) is 11.6 Å². The summed E-state index contributed by atoms with van der Waals surface area (Å²) in [5, 5.41) is 0. The molecule has 0 saturated carbocycles. The minimum atomic E-state index is -0.153. The molecule has 16 heavy (non-hydrogen) atoms. The fourth-order valence-corrected chi connectivity index (χ4v) is 1.26. The van der Waals surface area contributed by atoms with E-state index in [1.54, 1.807) is 0 Å². The first kappa shape index (κ1) is 15.2. The van der Waals surface area contributed by atoms with Crippen molar-refractivity contribution in [2.45, 2.75) is 59.8 Å². The number of esters is 1. The van der Waals surface area contributed by atoms with Gasteiger partial charge in [-0.15, -0.1) is 0 Å². The van der Waals surface area contributed by atoms with Crippen LogP contribution in [0.15, 0.2) is 11.6 Å². The highest BCUT2D eigenvalue weighted by molar-refractivity contribution is 5.87. The lowest BCUT2D eigenvalue weighted by Gasteiger charge is -2.06. The Labute approximate surface area is 100 Å². The molecule has 1 unspecified atom stereocenters. The van der Waals surface area contributed by atoms with Gasteiger partial charge in [0, 0.05) is 5.57 Å². The van der Waals surface area contributed by atoms with Gasteiger partial charge in [0.15, 0.2) is 0 Å². The van der Waals surface area contributed by atoms with Crippen molar-refractivity contribution in [1.82, 2.24) is 0 Å². The van der Waals surface area contributed by atoms with Crippen molar-refractivity contribution in [3.8, 4) is 0 Å². The van der Waals surface area contributed by atoms with Crippen LogP contribution < -0.4 is 0 Å².